The van der Waals surface area contributed by atoms with Crippen LogP contribution in [0.15, 0.2) is 71.3 Å². The Morgan fingerprint density at radius 2 is 2.00 bits per heavy atom. The quantitative estimate of drug-likeness (QED) is 0.741. The number of hydrogen-bond acceptors (Lipinski definition) is 3. The molecule has 1 aliphatic rings. The number of benzene rings is 1. The number of H-pyrrole nitrogens is 1. The van der Waals surface area contributed by atoms with E-state index in [9.17, 15) is 0 Å². The molecule has 3 aromatic rings. The summed E-state index contributed by atoms with van der Waals surface area (Å²) in [6.45, 7) is 4.87. The van der Waals surface area contributed by atoms with E-state index < -0.39 is 0 Å². The van der Waals surface area contributed by atoms with E-state index in [0.717, 1.165) is 40.7 Å². The standard InChI is InChI=1S/C22H22N4O/c1-15-9-16(2)24-19(15)10-21-22(27-3)11-20(25-21)18-12-23-26(14-18)13-17-7-5-4-6-8-17/h4-12,14,24H,13H2,1-3H3/b21-10-. The van der Waals surface area contributed by atoms with Crippen LogP contribution in [0.1, 0.15) is 28.1 Å². The SMILES string of the molecule is COC1=CC(c2cnn(Cc3ccccc3)c2)=N/C1=C\c1[nH]c(C)cc1C. The van der Waals surface area contributed by atoms with Gasteiger partial charge < -0.3 is 9.72 Å². The van der Waals surface area contributed by atoms with Crippen molar-refractivity contribution in [2.45, 2.75) is 20.4 Å². The number of allylic oxidation sites excluding steroid dienone is 1. The van der Waals surface area contributed by atoms with Gasteiger partial charge in [0.1, 0.15) is 11.5 Å². The smallest absolute Gasteiger partial charge is 0.146 e. The number of nitrogens with zero attached hydrogens (tertiary/aromatic N) is 3. The molecular formula is C22H22N4O. The average Bonchev–Trinajstić information content (AvgIpc) is 3.35. The Balaban J connectivity index is 1.60. The lowest BCUT2D eigenvalue weighted by molar-refractivity contribution is 0.303. The van der Waals surface area contributed by atoms with Crippen LogP contribution < -0.4 is 0 Å². The number of rotatable bonds is 5. The minimum atomic E-state index is 0.735. The van der Waals surface area contributed by atoms with Crippen molar-refractivity contribution in [1.82, 2.24) is 14.8 Å². The average molecular weight is 358 g/mol. The highest BCUT2D eigenvalue weighted by atomic mass is 16.5. The Labute approximate surface area is 158 Å². The lowest BCUT2D eigenvalue weighted by atomic mass is 10.2. The molecule has 1 aromatic carbocycles. The van der Waals surface area contributed by atoms with E-state index in [1.54, 1.807) is 7.11 Å². The number of aromatic amines is 1. The Morgan fingerprint density at radius 1 is 1.19 bits per heavy atom. The molecule has 27 heavy (non-hydrogen) atoms. The van der Waals surface area contributed by atoms with Gasteiger partial charge in [-0.05, 0) is 37.1 Å². The van der Waals surface area contributed by atoms with Gasteiger partial charge in [-0.15, -0.1) is 0 Å². The largest absolute Gasteiger partial charge is 0.494 e. The van der Waals surface area contributed by atoms with Gasteiger partial charge in [-0.3, -0.25) is 4.68 Å². The molecular weight excluding hydrogens is 336 g/mol. The molecule has 2 aromatic heterocycles. The topological polar surface area (TPSA) is 55.2 Å². The van der Waals surface area contributed by atoms with Crippen molar-refractivity contribution in [3.05, 3.63) is 94.4 Å². The molecule has 136 valence electrons. The maximum Gasteiger partial charge on any atom is 0.146 e. The molecule has 5 heteroatoms. The van der Waals surface area contributed by atoms with Crippen LogP contribution in [-0.2, 0) is 11.3 Å². The molecule has 1 aliphatic heterocycles. The summed E-state index contributed by atoms with van der Waals surface area (Å²) in [4.78, 5) is 8.12. The molecule has 4 rings (SSSR count). The summed E-state index contributed by atoms with van der Waals surface area (Å²) in [5, 5.41) is 4.47. The maximum atomic E-state index is 5.53. The maximum absolute atomic E-state index is 5.53. The number of aromatic nitrogens is 3. The number of hydrogen-bond donors (Lipinski definition) is 1. The summed E-state index contributed by atoms with van der Waals surface area (Å²) >= 11 is 0. The second-order valence-corrected chi connectivity index (χ2v) is 6.70. The van der Waals surface area contributed by atoms with Gasteiger partial charge in [-0.1, -0.05) is 30.3 Å². The fraction of sp³-hybridized carbons (Fsp3) is 0.182. The second-order valence-electron chi connectivity index (χ2n) is 6.70. The van der Waals surface area contributed by atoms with Crippen molar-refractivity contribution in [2.24, 2.45) is 4.99 Å². The first kappa shape index (κ1) is 17.1. The monoisotopic (exact) mass is 358 g/mol. The van der Waals surface area contributed by atoms with Crippen LogP contribution in [0.5, 0.6) is 0 Å². The van der Waals surface area contributed by atoms with Crippen LogP contribution in [-0.4, -0.2) is 27.6 Å². The molecule has 0 bridgehead atoms. The van der Waals surface area contributed by atoms with Crippen molar-refractivity contribution in [3.8, 4) is 0 Å². The minimum absolute atomic E-state index is 0.735. The first-order valence-corrected chi connectivity index (χ1v) is 8.92. The molecule has 0 radical (unpaired) electrons. The van der Waals surface area contributed by atoms with Crippen molar-refractivity contribution < 1.29 is 4.74 Å². The Hall–Kier alpha value is -3.34. The van der Waals surface area contributed by atoms with Crippen LogP contribution in [0, 0.1) is 13.8 Å². The molecule has 0 aliphatic carbocycles. The molecule has 0 unspecified atom stereocenters. The molecule has 0 saturated carbocycles. The molecule has 5 nitrogen and oxygen atoms in total. The van der Waals surface area contributed by atoms with Gasteiger partial charge in [-0.25, -0.2) is 4.99 Å². The Morgan fingerprint density at radius 3 is 2.70 bits per heavy atom. The van der Waals surface area contributed by atoms with Crippen molar-refractivity contribution in [3.63, 3.8) is 0 Å². The Kier molecular flexibility index (Phi) is 4.50. The highest BCUT2D eigenvalue weighted by molar-refractivity contribution is 6.11. The van der Waals surface area contributed by atoms with E-state index in [1.807, 2.05) is 54.4 Å². The van der Waals surface area contributed by atoms with Gasteiger partial charge in [-0.2, -0.15) is 5.10 Å². The van der Waals surface area contributed by atoms with Gasteiger partial charge in [0.05, 0.1) is 25.6 Å². The summed E-state index contributed by atoms with van der Waals surface area (Å²) in [6, 6.07) is 12.4. The van der Waals surface area contributed by atoms with Gasteiger partial charge in [0.25, 0.3) is 0 Å². The van der Waals surface area contributed by atoms with E-state index in [1.165, 1.54) is 11.1 Å². The predicted molar refractivity (Wildman–Crippen MR) is 108 cm³/mol. The van der Waals surface area contributed by atoms with Gasteiger partial charge in [0.15, 0.2) is 0 Å². The summed E-state index contributed by atoms with van der Waals surface area (Å²) in [6.07, 6.45) is 7.85. The van der Waals surface area contributed by atoms with Gasteiger partial charge in [0, 0.05) is 29.2 Å². The van der Waals surface area contributed by atoms with Crippen LogP contribution >= 0.6 is 0 Å². The third kappa shape index (κ3) is 3.62. The number of nitrogens with one attached hydrogen (secondary N) is 1. The lowest BCUT2D eigenvalue weighted by Crippen LogP contribution is -1.99. The molecule has 3 heterocycles. The summed E-state index contributed by atoms with van der Waals surface area (Å²) in [5.41, 5.74) is 7.23. The zero-order chi connectivity index (χ0) is 18.8. The number of aliphatic imine (C=N–C) groups is 1. The van der Waals surface area contributed by atoms with Crippen LogP contribution in [0.2, 0.25) is 0 Å². The van der Waals surface area contributed by atoms with Crippen LogP contribution in [0.4, 0.5) is 0 Å². The van der Waals surface area contributed by atoms with Crippen molar-refractivity contribution >= 4 is 11.8 Å². The van der Waals surface area contributed by atoms with Crippen molar-refractivity contribution in [2.75, 3.05) is 7.11 Å². The van der Waals surface area contributed by atoms with Crippen LogP contribution in [0.25, 0.3) is 6.08 Å². The number of ether oxygens (including phenoxy) is 1. The molecule has 1 N–H and O–H groups in total. The van der Waals surface area contributed by atoms with E-state index in [2.05, 4.69) is 35.2 Å². The molecule has 0 fully saturated rings. The minimum Gasteiger partial charge on any atom is -0.494 e. The summed E-state index contributed by atoms with van der Waals surface area (Å²) in [7, 11) is 1.67. The first-order chi connectivity index (χ1) is 13.1. The molecule has 0 spiro atoms. The zero-order valence-corrected chi connectivity index (χ0v) is 15.7. The lowest BCUT2D eigenvalue weighted by Gasteiger charge is -2.01. The van der Waals surface area contributed by atoms with E-state index in [4.69, 9.17) is 9.73 Å². The third-order valence-electron chi connectivity index (χ3n) is 4.57. The van der Waals surface area contributed by atoms with Gasteiger partial charge >= 0.3 is 0 Å². The van der Waals surface area contributed by atoms with Gasteiger partial charge in [0.2, 0.25) is 0 Å². The highest BCUT2D eigenvalue weighted by Gasteiger charge is 2.18. The number of aryl methyl sites for hydroxylation is 2. The number of methoxy groups -OCH3 is 1. The molecule has 0 atom stereocenters. The van der Waals surface area contributed by atoms with Crippen LogP contribution in [0.3, 0.4) is 0 Å². The van der Waals surface area contributed by atoms with Crippen molar-refractivity contribution in [1.29, 1.82) is 0 Å². The third-order valence-corrected chi connectivity index (χ3v) is 4.57. The highest BCUT2D eigenvalue weighted by Crippen LogP contribution is 2.26. The fourth-order valence-electron chi connectivity index (χ4n) is 3.22. The summed E-state index contributed by atoms with van der Waals surface area (Å²) in [5.74, 6) is 0.757. The predicted octanol–water partition coefficient (Wildman–Crippen LogP) is 4.25. The first-order valence-electron chi connectivity index (χ1n) is 8.92. The normalized spacial score (nSPS) is 15.1. The molecule has 0 amide bonds. The fourth-order valence-corrected chi connectivity index (χ4v) is 3.22. The summed E-state index contributed by atoms with van der Waals surface area (Å²) < 4.78 is 7.46. The van der Waals surface area contributed by atoms with E-state index in [0.29, 0.717) is 0 Å². The van der Waals surface area contributed by atoms with E-state index in [-0.39, 0.29) is 0 Å². The molecule has 0 saturated heterocycles. The second kappa shape index (κ2) is 7.11. The zero-order valence-electron chi connectivity index (χ0n) is 15.7. The Bertz CT molecular complexity index is 1050. The van der Waals surface area contributed by atoms with E-state index >= 15 is 0 Å².